The van der Waals surface area contributed by atoms with Gasteiger partial charge in [0, 0.05) is 13.1 Å². The van der Waals surface area contributed by atoms with Gasteiger partial charge in [0.25, 0.3) is 0 Å². The summed E-state index contributed by atoms with van der Waals surface area (Å²) < 4.78 is 13.7. The van der Waals surface area contributed by atoms with E-state index in [1.165, 1.54) is 0 Å². The molecule has 1 saturated heterocycles. The number of hydrogen-bond donors (Lipinski definition) is 1. The quantitative estimate of drug-likeness (QED) is 0.934. The summed E-state index contributed by atoms with van der Waals surface area (Å²) in [6, 6.07) is 3.20. The zero-order valence-corrected chi connectivity index (χ0v) is 13.1. The van der Waals surface area contributed by atoms with E-state index in [9.17, 15) is 4.79 Å². The van der Waals surface area contributed by atoms with Crippen LogP contribution in [-0.2, 0) is 9.53 Å². The number of morpholine rings is 1. The van der Waals surface area contributed by atoms with Crippen LogP contribution in [0.5, 0.6) is 0 Å². The van der Waals surface area contributed by atoms with Gasteiger partial charge < -0.3 is 15.0 Å². The lowest BCUT2D eigenvalue weighted by Crippen LogP contribution is -2.47. The van der Waals surface area contributed by atoms with Gasteiger partial charge in [-0.25, -0.2) is 0 Å². The summed E-state index contributed by atoms with van der Waals surface area (Å²) in [7, 11) is 0. The van der Waals surface area contributed by atoms with Crippen LogP contribution in [-0.4, -0.2) is 51.9 Å². The van der Waals surface area contributed by atoms with Crippen molar-refractivity contribution in [1.82, 2.24) is 13.6 Å². The molecule has 21 heavy (non-hydrogen) atoms. The number of rotatable bonds is 3. The van der Waals surface area contributed by atoms with Crippen LogP contribution < -0.4 is 5.32 Å². The van der Waals surface area contributed by atoms with Crippen LogP contribution in [0.4, 0.5) is 5.69 Å². The maximum atomic E-state index is 12.4. The molecular weight excluding hydrogens is 312 g/mol. The van der Waals surface area contributed by atoms with Crippen LogP contribution in [0.1, 0.15) is 6.92 Å². The van der Waals surface area contributed by atoms with Gasteiger partial charge in [0.05, 0.1) is 35.7 Å². The van der Waals surface area contributed by atoms with Gasteiger partial charge in [-0.05, 0) is 19.1 Å². The van der Waals surface area contributed by atoms with E-state index in [0.717, 1.165) is 17.2 Å². The first-order chi connectivity index (χ1) is 10.2. The van der Waals surface area contributed by atoms with Gasteiger partial charge in [-0.1, -0.05) is 11.6 Å². The maximum Gasteiger partial charge on any atom is 0.244 e. The third-order valence-corrected chi connectivity index (χ3v) is 4.29. The van der Waals surface area contributed by atoms with E-state index in [1.807, 2.05) is 13.0 Å². The Bertz CT molecular complexity index is 657. The third kappa shape index (κ3) is 2.95. The summed E-state index contributed by atoms with van der Waals surface area (Å²) in [5.74, 6) is 0.0366. The molecule has 1 N–H and O–H groups in total. The molecule has 112 valence electrons. The largest absolute Gasteiger partial charge is 0.378 e. The number of hydrogen-bond acceptors (Lipinski definition) is 6. The number of anilines is 1. The van der Waals surface area contributed by atoms with Crippen LogP contribution >= 0.6 is 23.3 Å². The molecule has 1 amide bonds. The summed E-state index contributed by atoms with van der Waals surface area (Å²) in [6.07, 6.45) is 0. The first-order valence-electron chi connectivity index (χ1n) is 6.70. The van der Waals surface area contributed by atoms with E-state index in [4.69, 9.17) is 16.3 Å². The summed E-state index contributed by atoms with van der Waals surface area (Å²) in [5.41, 5.74) is 2.14. The lowest BCUT2D eigenvalue weighted by atomic mass is 10.2. The Morgan fingerprint density at radius 2 is 2.19 bits per heavy atom. The maximum absolute atomic E-state index is 12.4. The minimum absolute atomic E-state index is 0.0366. The molecule has 0 aliphatic carbocycles. The first-order valence-corrected chi connectivity index (χ1v) is 7.81. The SMILES string of the molecule is CC(Nc1c(Cl)ccc2nsnc12)C(=O)N1CCOCC1. The molecule has 8 heteroatoms. The average molecular weight is 327 g/mol. The number of carbonyl (C=O) groups excluding carboxylic acids is 1. The number of benzene rings is 1. The van der Waals surface area contributed by atoms with E-state index in [2.05, 4.69) is 14.1 Å². The minimum atomic E-state index is -0.382. The van der Waals surface area contributed by atoms with Gasteiger partial charge in [-0.3, -0.25) is 4.79 Å². The molecule has 0 saturated carbocycles. The van der Waals surface area contributed by atoms with Gasteiger partial charge in [-0.15, -0.1) is 0 Å². The Hall–Kier alpha value is -1.44. The van der Waals surface area contributed by atoms with Crippen molar-refractivity contribution in [1.29, 1.82) is 0 Å². The number of nitrogens with zero attached hydrogens (tertiary/aromatic N) is 3. The monoisotopic (exact) mass is 326 g/mol. The predicted octanol–water partition coefficient (Wildman–Crippen LogP) is 2.00. The number of nitrogens with one attached hydrogen (secondary N) is 1. The Morgan fingerprint density at radius 1 is 1.43 bits per heavy atom. The van der Waals surface area contributed by atoms with Gasteiger partial charge in [0.1, 0.15) is 17.1 Å². The lowest BCUT2D eigenvalue weighted by molar-refractivity contribution is -0.135. The molecule has 1 unspecified atom stereocenters. The van der Waals surface area contributed by atoms with Crippen molar-refractivity contribution < 1.29 is 9.53 Å². The molecular formula is C13H15ClN4O2S. The van der Waals surface area contributed by atoms with E-state index in [-0.39, 0.29) is 11.9 Å². The van der Waals surface area contributed by atoms with Crippen molar-refractivity contribution in [3.63, 3.8) is 0 Å². The van der Waals surface area contributed by atoms with Gasteiger partial charge >= 0.3 is 0 Å². The molecule has 0 bridgehead atoms. The van der Waals surface area contributed by atoms with Crippen molar-refractivity contribution in [2.75, 3.05) is 31.6 Å². The zero-order valence-electron chi connectivity index (χ0n) is 11.5. The Morgan fingerprint density at radius 3 is 2.95 bits per heavy atom. The van der Waals surface area contributed by atoms with E-state index >= 15 is 0 Å². The smallest absolute Gasteiger partial charge is 0.244 e. The second-order valence-electron chi connectivity index (χ2n) is 4.86. The lowest BCUT2D eigenvalue weighted by Gasteiger charge is -2.29. The van der Waals surface area contributed by atoms with Crippen LogP contribution in [0.3, 0.4) is 0 Å². The highest BCUT2D eigenvalue weighted by atomic mass is 35.5. The molecule has 1 atom stereocenters. The highest BCUT2D eigenvalue weighted by molar-refractivity contribution is 7.00. The van der Waals surface area contributed by atoms with Crippen LogP contribution in [0.2, 0.25) is 5.02 Å². The number of ether oxygens (including phenoxy) is 1. The van der Waals surface area contributed by atoms with Crippen molar-refractivity contribution >= 4 is 46.0 Å². The van der Waals surface area contributed by atoms with Crippen molar-refractivity contribution in [2.24, 2.45) is 0 Å². The topological polar surface area (TPSA) is 67.4 Å². The van der Waals surface area contributed by atoms with Gasteiger partial charge in [0.2, 0.25) is 5.91 Å². The average Bonchev–Trinajstić information content (AvgIpc) is 2.99. The molecule has 1 aromatic heterocycles. The van der Waals surface area contributed by atoms with Gasteiger partial charge in [0.15, 0.2) is 0 Å². The molecule has 0 spiro atoms. The second kappa shape index (κ2) is 6.13. The number of aromatic nitrogens is 2. The standard InChI is InChI=1S/C13H15ClN4O2S/c1-8(13(19)18-4-6-20-7-5-18)15-11-9(14)2-3-10-12(11)17-21-16-10/h2-3,8,15H,4-7H2,1H3. The molecule has 1 aliphatic rings. The molecule has 1 aliphatic heterocycles. The molecule has 1 aromatic carbocycles. The fourth-order valence-electron chi connectivity index (χ4n) is 2.30. The van der Waals surface area contributed by atoms with Gasteiger partial charge in [-0.2, -0.15) is 8.75 Å². The fourth-order valence-corrected chi connectivity index (χ4v) is 3.05. The predicted molar refractivity (Wildman–Crippen MR) is 82.9 cm³/mol. The molecule has 1 fully saturated rings. The van der Waals surface area contributed by atoms with Crippen LogP contribution in [0.15, 0.2) is 12.1 Å². The highest BCUT2D eigenvalue weighted by Gasteiger charge is 2.23. The van der Waals surface area contributed by atoms with Crippen LogP contribution in [0.25, 0.3) is 11.0 Å². The fraction of sp³-hybridized carbons (Fsp3) is 0.462. The Kier molecular flexibility index (Phi) is 4.23. The summed E-state index contributed by atoms with van der Waals surface area (Å²) in [5, 5.41) is 3.72. The normalized spacial score (nSPS) is 17.0. The molecule has 2 heterocycles. The van der Waals surface area contributed by atoms with E-state index < -0.39 is 0 Å². The Balaban J connectivity index is 1.79. The summed E-state index contributed by atoms with van der Waals surface area (Å²) >= 11 is 7.35. The number of halogens is 1. The van der Waals surface area contributed by atoms with Crippen LogP contribution in [0, 0.1) is 0 Å². The molecule has 3 rings (SSSR count). The van der Waals surface area contributed by atoms with E-state index in [1.54, 1.807) is 11.0 Å². The molecule has 6 nitrogen and oxygen atoms in total. The number of carbonyl (C=O) groups is 1. The molecule has 2 aromatic rings. The minimum Gasteiger partial charge on any atom is -0.378 e. The number of fused-ring (bicyclic) bond motifs is 1. The van der Waals surface area contributed by atoms with E-state index in [0.29, 0.717) is 42.5 Å². The Labute approximate surface area is 131 Å². The van der Waals surface area contributed by atoms with Crippen molar-refractivity contribution in [3.05, 3.63) is 17.2 Å². The first kappa shape index (κ1) is 14.5. The molecule has 0 radical (unpaired) electrons. The van der Waals surface area contributed by atoms with Crippen molar-refractivity contribution in [2.45, 2.75) is 13.0 Å². The van der Waals surface area contributed by atoms with Crippen molar-refractivity contribution in [3.8, 4) is 0 Å². The number of amides is 1. The third-order valence-electron chi connectivity index (χ3n) is 3.43. The second-order valence-corrected chi connectivity index (χ2v) is 5.79. The zero-order chi connectivity index (χ0) is 14.8. The summed E-state index contributed by atoms with van der Waals surface area (Å²) in [4.78, 5) is 14.2. The highest BCUT2D eigenvalue weighted by Crippen LogP contribution is 2.30. The summed E-state index contributed by atoms with van der Waals surface area (Å²) in [6.45, 7) is 4.25.